The molecule has 0 spiro atoms. The van der Waals surface area contributed by atoms with Gasteiger partial charge >= 0.3 is 0 Å². The predicted molar refractivity (Wildman–Crippen MR) is 103 cm³/mol. The number of hydrogen-bond acceptors (Lipinski definition) is 5. The van der Waals surface area contributed by atoms with Crippen LogP contribution in [0.25, 0.3) is 0 Å². The number of anilines is 1. The molecule has 27 heavy (non-hydrogen) atoms. The molecule has 1 aromatic carbocycles. The topological polar surface area (TPSA) is 96.4 Å². The van der Waals surface area contributed by atoms with Gasteiger partial charge in [-0.3, -0.25) is 14.6 Å². The molecule has 7 nitrogen and oxygen atoms in total. The Morgan fingerprint density at radius 2 is 2.00 bits per heavy atom. The SMILES string of the molecule is Cc1cccc(NC(=O)c2cc(C(=O)N(C)C3CCS(=O)(=O)C3)ccn2)c1. The van der Waals surface area contributed by atoms with Crippen molar-refractivity contribution in [2.24, 2.45) is 0 Å². The van der Waals surface area contributed by atoms with E-state index in [2.05, 4.69) is 10.3 Å². The first-order valence-corrected chi connectivity index (χ1v) is 10.4. The molecule has 1 aliphatic rings. The number of aromatic nitrogens is 1. The summed E-state index contributed by atoms with van der Waals surface area (Å²) >= 11 is 0. The van der Waals surface area contributed by atoms with E-state index in [0.29, 0.717) is 17.7 Å². The summed E-state index contributed by atoms with van der Waals surface area (Å²) in [6.45, 7) is 1.92. The first kappa shape index (κ1) is 19.0. The second-order valence-corrected chi connectivity index (χ2v) is 8.95. The fraction of sp³-hybridized carbons (Fsp3) is 0.316. The first-order chi connectivity index (χ1) is 12.7. The van der Waals surface area contributed by atoms with Crippen LogP contribution in [-0.2, 0) is 9.84 Å². The number of nitrogens with one attached hydrogen (secondary N) is 1. The van der Waals surface area contributed by atoms with Gasteiger partial charge in [0.2, 0.25) is 0 Å². The van der Waals surface area contributed by atoms with Gasteiger partial charge in [-0.05, 0) is 43.2 Å². The van der Waals surface area contributed by atoms with Crippen molar-refractivity contribution in [3.05, 3.63) is 59.4 Å². The van der Waals surface area contributed by atoms with Crippen LogP contribution in [0.2, 0.25) is 0 Å². The lowest BCUT2D eigenvalue weighted by Crippen LogP contribution is -2.38. The smallest absolute Gasteiger partial charge is 0.274 e. The molecule has 1 N–H and O–H groups in total. The fourth-order valence-corrected chi connectivity index (χ4v) is 4.83. The largest absolute Gasteiger partial charge is 0.338 e. The highest BCUT2D eigenvalue weighted by Gasteiger charge is 2.33. The molecule has 3 rings (SSSR count). The average molecular weight is 387 g/mol. The molecule has 2 amide bonds. The van der Waals surface area contributed by atoms with Gasteiger partial charge < -0.3 is 10.2 Å². The summed E-state index contributed by atoms with van der Waals surface area (Å²) in [5.41, 5.74) is 2.07. The molecular formula is C19H21N3O4S. The van der Waals surface area contributed by atoms with E-state index in [1.807, 2.05) is 25.1 Å². The zero-order valence-corrected chi connectivity index (χ0v) is 16.0. The normalized spacial score (nSPS) is 18.1. The summed E-state index contributed by atoms with van der Waals surface area (Å²) in [5, 5.41) is 2.75. The number of carbonyl (C=O) groups excluding carboxylic acids is 2. The van der Waals surface area contributed by atoms with E-state index in [1.165, 1.54) is 23.2 Å². The van der Waals surface area contributed by atoms with Crippen LogP contribution in [0.3, 0.4) is 0 Å². The Morgan fingerprint density at radius 3 is 2.67 bits per heavy atom. The van der Waals surface area contributed by atoms with Crippen molar-refractivity contribution >= 4 is 27.3 Å². The molecule has 0 saturated carbocycles. The Hall–Kier alpha value is -2.74. The van der Waals surface area contributed by atoms with E-state index in [1.54, 1.807) is 13.1 Å². The van der Waals surface area contributed by atoms with Crippen molar-refractivity contribution in [1.82, 2.24) is 9.88 Å². The van der Waals surface area contributed by atoms with Crippen LogP contribution >= 0.6 is 0 Å². The zero-order valence-electron chi connectivity index (χ0n) is 15.2. The van der Waals surface area contributed by atoms with Gasteiger partial charge in [-0.2, -0.15) is 0 Å². The summed E-state index contributed by atoms with van der Waals surface area (Å²) in [6.07, 6.45) is 1.83. The van der Waals surface area contributed by atoms with Crippen LogP contribution in [0.1, 0.15) is 32.8 Å². The highest BCUT2D eigenvalue weighted by molar-refractivity contribution is 7.91. The minimum Gasteiger partial charge on any atom is -0.338 e. The van der Waals surface area contributed by atoms with Gasteiger partial charge in [0, 0.05) is 30.5 Å². The summed E-state index contributed by atoms with van der Waals surface area (Å²) < 4.78 is 23.3. The van der Waals surface area contributed by atoms with E-state index in [-0.39, 0.29) is 29.1 Å². The minimum absolute atomic E-state index is 0.0268. The van der Waals surface area contributed by atoms with Crippen LogP contribution < -0.4 is 5.32 Å². The maximum absolute atomic E-state index is 12.7. The molecular weight excluding hydrogens is 366 g/mol. The van der Waals surface area contributed by atoms with Crippen LogP contribution in [0, 0.1) is 6.92 Å². The van der Waals surface area contributed by atoms with Crippen LogP contribution in [0.4, 0.5) is 5.69 Å². The van der Waals surface area contributed by atoms with Gasteiger partial charge in [-0.15, -0.1) is 0 Å². The maximum Gasteiger partial charge on any atom is 0.274 e. The third-order valence-corrected chi connectivity index (χ3v) is 6.34. The monoisotopic (exact) mass is 387 g/mol. The number of pyridine rings is 1. The lowest BCUT2D eigenvalue weighted by Gasteiger charge is -2.23. The van der Waals surface area contributed by atoms with Crippen LogP contribution in [0.15, 0.2) is 42.6 Å². The van der Waals surface area contributed by atoms with Crippen molar-refractivity contribution in [2.75, 3.05) is 23.9 Å². The molecule has 1 atom stereocenters. The standard InChI is InChI=1S/C19H21N3O4S/c1-13-4-3-5-15(10-13)21-18(23)17-11-14(6-8-20-17)19(24)22(2)16-7-9-27(25,26)12-16/h3-6,8,10-11,16H,7,9,12H2,1-2H3,(H,21,23). The molecule has 2 aromatic rings. The number of aryl methyl sites for hydroxylation is 1. The van der Waals surface area contributed by atoms with Crippen LogP contribution in [-0.4, -0.2) is 54.7 Å². The molecule has 1 aliphatic heterocycles. The molecule has 0 radical (unpaired) electrons. The third kappa shape index (κ3) is 4.51. The van der Waals surface area contributed by atoms with Crippen molar-refractivity contribution in [2.45, 2.75) is 19.4 Å². The Bertz CT molecular complexity index is 988. The quantitative estimate of drug-likeness (QED) is 0.864. The molecule has 8 heteroatoms. The molecule has 1 saturated heterocycles. The van der Waals surface area contributed by atoms with E-state index in [0.717, 1.165) is 5.56 Å². The number of rotatable bonds is 4. The van der Waals surface area contributed by atoms with E-state index < -0.39 is 15.7 Å². The Morgan fingerprint density at radius 1 is 1.22 bits per heavy atom. The molecule has 1 unspecified atom stereocenters. The second-order valence-electron chi connectivity index (χ2n) is 6.73. The molecule has 0 bridgehead atoms. The summed E-state index contributed by atoms with van der Waals surface area (Å²) in [6, 6.07) is 9.96. The van der Waals surface area contributed by atoms with Crippen molar-refractivity contribution in [3.63, 3.8) is 0 Å². The van der Waals surface area contributed by atoms with Gasteiger partial charge in [-0.1, -0.05) is 12.1 Å². The Kier molecular flexibility index (Phi) is 5.27. The molecule has 142 valence electrons. The minimum atomic E-state index is -3.09. The van der Waals surface area contributed by atoms with E-state index in [9.17, 15) is 18.0 Å². The molecule has 1 fully saturated rings. The third-order valence-electron chi connectivity index (χ3n) is 4.59. The molecule has 0 aliphatic carbocycles. The van der Waals surface area contributed by atoms with Gasteiger partial charge in [-0.25, -0.2) is 8.42 Å². The molecule has 1 aromatic heterocycles. The Labute approximate surface area is 158 Å². The van der Waals surface area contributed by atoms with Gasteiger partial charge in [0.25, 0.3) is 11.8 Å². The highest BCUT2D eigenvalue weighted by Crippen LogP contribution is 2.19. The predicted octanol–water partition coefficient (Wildman–Crippen LogP) is 1.90. The second kappa shape index (κ2) is 7.48. The lowest BCUT2D eigenvalue weighted by molar-refractivity contribution is 0.0747. The number of amides is 2. The fourth-order valence-electron chi connectivity index (χ4n) is 3.06. The molecule has 2 heterocycles. The van der Waals surface area contributed by atoms with E-state index in [4.69, 9.17) is 0 Å². The van der Waals surface area contributed by atoms with Gasteiger partial charge in [0.1, 0.15) is 5.69 Å². The van der Waals surface area contributed by atoms with Crippen molar-refractivity contribution < 1.29 is 18.0 Å². The van der Waals surface area contributed by atoms with E-state index >= 15 is 0 Å². The first-order valence-electron chi connectivity index (χ1n) is 8.57. The number of sulfone groups is 1. The van der Waals surface area contributed by atoms with Crippen molar-refractivity contribution in [1.29, 1.82) is 0 Å². The number of carbonyl (C=O) groups is 2. The summed E-state index contributed by atoms with van der Waals surface area (Å²) in [5.74, 6) is -0.679. The lowest BCUT2D eigenvalue weighted by atomic mass is 10.1. The number of hydrogen-bond donors (Lipinski definition) is 1. The van der Waals surface area contributed by atoms with Gasteiger partial charge in [0.15, 0.2) is 9.84 Å². The maximum atomic E-state index is 12.7. The van der Waals surface area contributed by atoms with Crippen molar-refractivity contribution in [3.8, 4) is 0 Å². The Balaban J connectivity index is 1.74. The summed E-state index contributed by atoms with van der Waals surface area (Å²) in [4.78, 5) is 30.6. The van der Waals surface area contributed by atoms with Gasteiger partial charge in [0.05, 0.1) is 11.5 Å². The zero-order chi connectivity index (χ0) is 19.6. The van der Waals surface area contributed by atoms with Crippen LogP contribution in [0.5, 0.6) is 0 Å². The average Bonchev–Trinajstić information content (AvgIpc) is 3.00. The number of nitrogens with zero attached hydrogens (tertiary/aromatic N) is 2. The number of benzene rings is 1. The highest BCUT2D eigenvalue weighted by atomic mass is 32.2. The summed E-state index contributed by atoms with van der Waals surface area (Å²) in [7, 11) is -1.50.